The summed E-state index contributed by atoms with van der Waals surface area (Å²) in [4.78, 5) is 14.2. The van der Waals surface area contributed by atoms with E-state index in [4.69, 9.17) is 0 Å². The SMILES string of the molecule is CCNC1CCN(C(=O)Cc2ccccc2O)CC1C. The zero-order chi connectivity index (χ0) is 14.5. The van der Waals surface area contributed by atoms with Crippen LogP contribution in [0.4, 0.5) is 0 Å². The molecule has 1 aromatic rings. The highest BCUT2D eigenvalue weighted by molar-refractivity contribution is 5.79. The number of aromatic hydroxyl groups is 1. The lowest BCUT2D eigenvalue weighted by Crippen LogP contribution is -2.50. The number of nitrogens with one attached hydrogen (secondary N) is 1. The first kappa shape index (κ1) is 14.9. The predicted octanol–water partition coefficient (Wildman–Crippen LogP) is 1.78. The van der Waals surface area contributed by atoms with E-state index in [9.17, 15) is 9.90 Å². The number of hydrogen-bond donors (Lipinski definition) is 2. The molecule has 2 unspecified atom stereocenters. The first-order valence-corrected chi connectivity index (χ1v) is 7.39. The van der Waals surface area contributed by atoms with Crippen LogP contribution in [0, 0.1) is 5.92 Å². The van der Waals surface area contributed by atoms with Gasteiger partial charge in [0.15, 0.2) is 0 Å². The Balaban J connectivity index is 1.93. The molecular formula is C16H24N2O2. The largest absolute Gasteiger partial charge is 0.508 e. The summed E-state index contributed by atoms with van der Waals surface area (Å²) >= 11 is 0. The van der Waals surface area contributed by atoms with Crippen LogP contribution < -0.4 is 5.32 Å². The van der Waals surface area contributed by atoms with Crippen molar-refractivity contribution >= 4 is 5.91 Å². The second kappa shape index (κ2) is 6.75. The van der Waals surface area contributed by atoms with Crippen molar-refractivity contribution in [2.75, 3.05) is 19.6 Å². The maximum absolute atomic E-state index is 12.3. The van der Waals surface area contributed by atoms with E-state index < -0.39 is 0 Å². The molecule has 1 aromatic carbocycles. The molecule has 2 N–H and O–H groups in total. The minimum absolute atomic E-state index is 0.105. The zero-order valence-corrected chi connectivity index (χ0v) is 12.3. The number of carbonyl (C=O) groups excluding carboxylic acids is 1. The standard InChI is InChI=1S/C16H24N2O2/c1-3-17-14-8-9-18(11-12(14)2)16(20)10-13-6-4-5-7-15(13)19/h4-7,12,14,17,19H,3,8-11H2,1-2H3. The van der Waals surface area contributed by atoms with Crippen LogP contribution in [0.15, 0.2) is 24.3 Å². The van der Waals surface area contributed by atoms with Crippen molar-refractivity contribution in [1.29, 1.82) is 0 Å². The monoisotopic (exact) mass is 276 g/mol. The smallest absolute Gasteiger partial charge is 0.227 e. The minimum atomic E-state index is 0.105. The summed E-state index contributed by atoms with van der Waals surface area (Å²) in [7, 11) is 0. The number of likely N-dealkylation sites (tertiary alicyclic amines) is 1. The Labute approximate surface area is 120 Å². The summed E-state index contributed by atoms with van der Waals surface area (Å²) in [5.41, 5.74) is 0.707. The molecule has 0 aromatic heterocycles. The molecule has 0 saturated carbocycles. The third-order valence-corrected chi connectivity index (χ3v) is 4.06. The first-order valence-electron chi connectivity index (χ1n) is 7.39. The third-order valence-electron chi connectivity index (χ3n) is 4.06. The molecule has 0 spiro atoms. The fraction of sp³-hybridized carbons (Fsp3) is 0.562. The average molecular weight is 276 g/mol. The van der Waals surface area contributed by atoms with Crippen molar-refractivity contribution < 1.29 is 9.90 Å². The summed E-state index contributed by atoms with van der Waals surface area (Å²) in [5.74, 6) is 0.779. The van der Waals surface area contributed by atoms with Crippen LogP contribution in [0.25, 0.3) is 0 Å². The highest BCUT2D eigenvalue weighted by Crippen LogP contribution is 2.20. The number of nitrogens with zero attached hydrogens (tertiary/aromatic N) is 1. The van der Waals surface area contributed by atoms with Gasteiger partial charge in [-0.05, 0) is 24.9 Å². The van der Waals surface area contributed by atoms with Crippen LogP contribution in [0.2, 0.25) is 0 Å². The van der Waals surface area contributed by atoms with Crippen molar-refractivity contribution in [2.45, 2.75) is 32.7 Å². The van der Waals surface area contributed by atoms with Gasteiger partial charge in [0.05, 0.1) is 6.42 Å². The van der Waals surface area contributed by atoms with Crippen LogP contribution in [0.3, 0.4) is 0 Å². The molecule has 1 aliphatic rings. The van der Waals surface area contributed by atoms with Gasteiger partial charge < -0.3 is 15.3 Å². The molecule has 1 aliphatic heterocycles. The highest BCUT2D eigenvalue weighted by atomic mass is 16.3. The molecule has 0 aliphatic carbocycles. The molecule has 110 valence electrons. The molecule has 0 radical (unpaired) electrons. The Bertz CT molecular complexity index is 462. The van der Waals surface area contributed by atoms with Crippen LogP contribution in [-0.2, 0) is 11.2 Å². The second-order valence-electron chi connectivity index (χ2n) is 5.58. The number of para-hydroxylation sites is 1. The van der Waals surface area contributed by atoms with E-state index >= 15 is 0 Å². The Morgan fingerprint density at radius 2 is 2.20 bits per heavy atom. The fourth-order valence-corrected chi connectivity index (χ4v) is 2.87. The molecule has 2 atom stereocenters. The Hall–Kier alpha value is -1.55. The first-order chi connectivity index (χ1) is 9.61. The molecule has 1 fully saturated rings. The zero-order valence-electron chi connectivity index (χ0n) is 12.3. The molecule has 1 heterocycles. The molecule has 1 saturated heterocycles. The Morgan fingerprint density at radius 3 is 2.85 bits per heavy atom. The molecular weight excluding hydrogens is 252 g/mol. The third kappa shape index (κ3) is 3.51. The summed E-state index contributed by atoms with van der Waals surface area (Å²) in [5, 5.41) is 13.2. The van der Waals surface area contributed by atoms with E-state index in [0.717, 1.165) is 26.1 Å². The van der Waals surface area contributed by atoms with Gasteiger partial charge in [0, 0.05) is 24.7 Å². The van der Waals surface area contributed by atoms with Gasteiger partial charge >= 0.3 is 0 Å². The number of hydrogen-bond acceptors (Lipinski definition) is 3. The second-order valence-corrected chi connectivity index (χ2v) is 5.58. The van der Waals surface area contributed by atoms with Gasteiger partial charge in [-0.2, -0.15) is 0 Å². The number of phenols is 1. The van der Waals surface area contributed by atoms with E-state index in [2.05, 4.69) is 19.2 Å². The van der Waals surface area contributed by atoms with Crippen LogP contribution in [-0.4, -0.2) is 41.6 Å². The minimum Gasteiger partial charge on any atom is -0.508 e. The van der Waals surface area contributed by atoms with Gasteiger partial charge in [-0.1, -0.05) is 32.0 Å². The predicted molar refractivity (Wildman–Crippen MR) is 79.6 cm³/mol. The summed E-state index contributed by atoms with van der Waals surface area (Å²) < 4.78 is 0. The molecule has 2 rings (SSSR count). The quantitative estimate of drug-likeness (QED) is 0.881. The van der Waals surface area contributed by atoms with Crippen LogP contribution in [0.5, 0.6) is 5.75 Å². The van der Waals surface area contributed by atoms with Gasteiger partial charge in [-0.15, -0.1) is 0 Å². The van der Waals surface area contributed by atoms with Gasteiger partial charge in [0.25, 0.3) is 0 Å². The van der Waals surface area contributed by atoms with Crippen LogP contribution in [0.1, 0.15) is 25.8 Å². The number of carbonyl (C=O) groups is 1. The maximum atomic E-state index is 12.3. The molecule has 0 bridgehead atoms. The van der Waals surface area contributed by atoms with Gasteiger partial charge in [-0.3, -0.25) is 4.79 Å². The molecule has 4 nitrogen and oxygen atoms in total. The van der Waals surface area contributed by atoms with E-state index in [1.807, 2.05) is 17.0 Å². The number of piperidine rings is 1. The van der Waals surface area contributed by atoms with E-state index in [0.29, 0.717) is 17.5 Å². The molecule has 1 amide bonds. The number of phenolic OH excluding ortho intramolecular Hbond substituents is 1. The van der Waals surface area contributed by atoms with E-state index in [1.165, 1.54) is 0 Å². The van der Waals surface area contributed by atoms with Gasteiger partial charge in [0.1, 0.15) is 5.75 Å². The van der Waals surface area contributed by atoms with Crippen molar-refractivity contribution in [3.63, 3.8) is 0 Å². The van der Waals surface area contributed by atoms with Gasteiger partial charge in [0.2, 0.25) is 5.91 Å². The topological polar surface area (TPSA) is 52.6 Å². The number of benzene rings is 1. The fourth-order valence-electron chi connectivity index (χ4n) is 2.87. The molecule has 4 heteroatoms. The highest BCUT2D eigenvalue weighted by Gasteiger charge is 2.28. The number of rotatable bonds is 4. The average Bonchev–Trinajstić information content (AvgIpc) is 2.43. The van der Waals surface area contributed by atoms with Gasteiger partial charge in [-0.25, -0.2) is 0 Å². The normalized spacial score (nSPS) is 22.8. The Morgan fingerprint density at radius 1 is 1.45 bits per heavy atom. The van der Waals surface area contributed by atoms with E-state index in [-0.39, 0.29) is 18.1 Å². The Kier molecular flexibility index (Phi) is 5.01. The lowest BCUT2D eigenvalue weighted by molar-refractivity contribution is -0.132. The van der Waals surface area contributed by atoms with Crippen molar-refractivity contribution in [3.05, 3.63) is 29.8 Å². The maximum Gasteiger partial charge on any atom is 0.227 e. The summed E-state index contributed by atoms with van der Waals surface area (Å²) in [6.45, 7) is 6.87. The summed E-state index contributed by atoms with van der Waals surface area (Å²) in [6.07, 6.45) is 1.28. The van der Waals surface area contributed by atoms with Crippen molar-refractivity contribution in [3.8, 4) is 5.75 Å². The summed E-state index contributed by atoms with van der Waals surface area (Å²) in [6, 6.07) is 7.56. The van der Waals surface area contributed by atoms with Crippen LogP contribution >= 0.6 is 0 Å². The lowest BCUT2D eigenvalue weighted by atomic mass is 9.93. The lowest BCUT2D eigenvalue weighted by Gasteiger charge is -2.37. The van der Waals surface area contributed by atoms with E-state index in [1.54, 1.807) is 12.1 Å². The molecule has 20 heavy (non-hydrogen) atoms. The van der Waals surface area contributed by atoms with Crippen molar-refractivity contribution in [2.24, 2.45) is 5.92 Å². The van der Waals surface area contributed by atoms with Crippen molar-refractivity contribution in [1.82, 2.24) is 10.2 Å². The number of amides is 1.